The standard InChI is InChI=1S/C9H14N2O/c1-7-5-9(3-4-10-7)11-6-8(2)12/h3-5,8,12H,6H2,1-2H3,(H,10,11)/t8-/m1/s1. The topological polar surface area (TPSA) is 45.1 Å². The maximum absolute atomic E-state index is 9.00. The lowest BCUT2D eigenvalue weighted by molar-refractivity contribution is 0.208. The summed E-state index contributed by atoms with van der Waals surface area (Å²) in [6.07, 6.45) is 1.43. The van der Waals surface area contributed by atoms with Crippen LogP contribution < -0.4 is 5.32 Å². The third-order valence-electron chi connectivity index (χ3n) is 1.50. The first-order chi connectivity index (χ1) is 5.68. The van der Waals surface area contributed by atoms with E-state index in [-0.39, 0.29) is 6.10 Å². The predicted molar refractivity (Wildman–Crippen MR) is 49.1 cm³/mol. The van der Waals surface area contributed by atoms with Crippen LogP contribution in [-0.2, 0) is 0 Å². The van der Waals surface area contributed by atoms with E-state index in [1.54, 1.807) is 13.1 Å². The lowest BCUT2D eigenvalue weighted by Crippen LogP contribution is -2.15. The summed E-state index contributed by atoms with van der Waals surface area (Å²) in [5.41, 5.74) is 1.98. The van der Waals surface area contributed by atoms with Crippen LogP contribution in [0, 0.1) is 6.92 Å². The highest BCUT2D eigenvalue weighted by atomic mass is 16.3. The zero-order valence-electron chi connectivity index (χ0n) is 7.41. The van der Waals surface area contributed by atoms with Gasteiger partial charge in [0.25, 0.3) is 0 Å². The smallest absolute Gasteiger partial charge is 0.0684 e. The summed E-state index contributed by atoms with van der Waals surface area (Å²) in [4.78, 5) is 4.06. The molecular formula is C9H14N2O. The highest BCUT2D eigenvalue weighted by Crippen LogP contribution is 2.06. The molecular weight excluding hydrogens is 152 g/mol. The fraction of sp³-hybridized carbons (Fsp3) is 0.444. The van der Waals surface area contributed by atoms with Gasteiger partial charge in [0.05, 0.1) is 6.10 Å². The Hall–Kier alpha value is -1.09. The summed E-state index contributed by atoms with van der Waals surface area (Å²) in [7, 11) is 0. The largest absolute Gasteiger partial charge is 0.392 e. The monoisotopic (exact) mass is 166 g/mol. The molecule has 1 aromatic rings. The van der Waals surface area contributed by atoms with Crippen molar-refractivity contribution < 1.29 is 5.11 Å². The van der Waals surface area contributed by atoms with Crippen LogP contribution >= 0.6 is 0 Å². The Labute approximate surface area is 72.5 Å². The van der Waals surface area contributed by atoms with Crippen molar-refractivity contribution >= 4 is 5.69 Å². The SMILES string of the molecule is Cc1cc(NC[C@@H](C)O)ccn1. The van der Waals surface area contributed by atoms with Crippen LogP contribution in [0.25, 0.3) is 0 Å². The number of aliphatic hydroxyl groups is 1. The van der Waals surface area contributed by atoms with Gasteiger partial charge >= 0.3 is 0 Å². The van der Waals surface area contributed by atoms with Gasteiger partial charge in [0.2, 0.25) is 0 Å². The molecule has 12 heavy (non-hydrogen) atoms. The highest BCUT2D eigenvalue weighted by molar-refractivity contribution is 5.42. The second-order valence-electron chi connectivity index (χ2n) is 2.92. The summed E-state index contributed by atoms with van der Waals surface area (Å²) in [5, 5.41) is 12.1. The molecule has 0 fully saturated rings. The fourth-order valence-corrected chi connectivity index (χ4v) is 0.921. The van der Waals surface area contributed by atoms with Crippen LogP contribution in [0.3, 0.4) is 0 Å². The van der Waals surface area contributed by atoms with Crippen molar-refractivity contribution in [2.45, 2.75) is 20.0 Å². The quantitative estimate of drug-likeness (QED) is 0.708. The van der Waals surface area contributed by atoms with Crippen molar-refractivity contribution in [3.8, 4) is 0 Å². The van der Waals surface area contributed by atoms with Gasteiger partial charge in [-0.05, 0) is 26.0 Å². The van der Waals surface area contributed by atoms with Crippen LogP contribution in [0.2, 0.25) is 0 Å². The minimum absolute atomic E-state index is 0.321. The summed E-state index contributed by atoms with van der Waals surface area (Å²) < 4.78 is 0. The van der Waals surface area contributed by atoms with Crippen LogP contribution in [0.15, 0.2) is 18.3 Å². The average Bonchev–Trinajstić information content (AvgIpc) is 2.01. The van der Waals surface area contributed by atoms with E-state index in [2.05, 4.69) is 10.3 Å². The number of rotatable bonds is 3. The minimum atomic E-state index is -0.321. The van der Waals surface area contributed by atoms with E-state index in [9.17, 15) is 0 Å². The Morgan fingerprint density at radius 2 is 2.42 bits per heavy atom. The van der Waals surface area contributed by atoms with E-state index in [0.717, 1.165) is 11.4 Å². The maximum Gasteiger partial charge on any atom is 0.0684 e. The lowest BCUT2D eigenvalue weighted by atomic mass is 10.3. The molecule has 0 spiro atoms. The molecule has 1 atom stereocenters. The van der Waals surface area contributed by atoms with Gasteiger partial charge in [-0.25, -0.2) is 0 Å². The molecule has 0 aliphatic rings. The Bertz CT molecular complexity index is 248. The van der Waals surface area contributed by atoms with Crippen molar-refractivity contribution in [2.24, 2.45) is 0 Å². The molecule has 2 N–H and O–H groups in total. The van der Waals surface area contributed by atoms with Crippen molar-refractivity contribution in [1.29, 1.82) is 0 Å². The van der Waals surface area contributed by atoms with Gasteiger partial charge in [-0.1, -0.05) is 0 Å². The molecule has 1 aromatic heterocycles. The molecule has 0 saturated carbocycles. The molecule has 1 heterocycles. The van der Waals surface area contributed by atoms with Gasteiger partial charge in [-0.15, -0.1) is 0 Å². The number of nitrogens with one attached hydrogen (secondary N) is 1. The molecule has 0 amide bonds. The van der Waals surface area contributed by atoms with Gasteiger partial charge < -0.3 is 10.4 Å². The van der Waals surface area contributed by atoms with E-state index in [1.165, 1.54) is 0 Å². The Morgan fingerprint density at radius 1 is 1.67 bits per heavy atom. The van der Waals surface area contributed by atoms with Gasteiger partial charge in [0.1, 0.15) is 0 Å². The molecule has 3 heteroatoms. The van der Waals surface area contributed by atoms with Crippen molar-refractivity contribution in [1.82, 2.24) is 4.98 Å². The second-order valence-corrected chi connectivity index (χ2v) is 2.92. The maximum atomic E-state index is 9.00. The molecule has 0 aliphatic carbocycles. The van der Waals surface area contributed by atoms with Gasteiger partial charge in [-0.2, -0.15) is 0 Å². The number of anilines is 1. The number of aliphatic hydroxyl groups excluding tert-OH is 1. The Kier molecular flexibility index (Phi) is 3.05. The molecule has 1 rings (SSSR count). The third-order valence-corrected chi connectivity index (χ3v) is 1.50. The van der Waals surface area contributed by atoms with Crippen LogP contribution in [0.5, 0.6) is 0 Å². The van der Waals surface area contributed by atoms with E-state index in [0.29, 0.717) is 6.54 Å². The first-order valence-electron chi connectivity index (χ1n) is 4.03. The second kappa shape index (κ2) is 4.07. The Balaban J connectivity index is 2.52. The molecule has 0 aromatic carbocycles. The van der Waals surface area contributed by atoms with Gasteiger partial charge in [-0.3, -0.25) is 4.98 Å². The van der Waals surface area contributed by atoms with E-state index < -0.39 is 0 Å². The normalized spacial score (nSPS) is 12.6. The zero-order valence-corrected chi connectivity index (χ0v) is 7.41. The number of hydrogen-bond donors (Lipinski definition) is 2. The van der Waals surface area contributed by atoms with Gasteiger partial charge in [0.15, 0.2) is 0 Å². The fourth-order valence-electron chi connectivity index (χ4n) is 0.921. The molecule has 0 bridgehead atoms. The highest BCUT2D eigenvalue weighted by Gasteiger charge is 1.95. The third kappa shape index (κ3) is 2.88. The summed E-state index contributed by atoms with van der Waals surface area (Å²) in [6, 6.07) is 3.83. The Morgan fingerprint density at radius 3 is 3.00 bits per heavy atom. The van der Waals surface area contributed by atoms with Crippen LogP contribution in [0.1, 0.15) is 12.6 Å². The van der Waals surface area contributed by atoms with E-state index in [4.69, 9.17) is 5.11 Å². The number of aryl methyl sites for hydroxylation is 1. The number of hydrogen-bond acceptors (Lipinski definition) is 3. The first kappa shape index (κ1) is 9.00. The molecule has 0 aliphatic heterocycles. The van der Waals surface area contributed by atoms with E-state index in [1.807, 2.05) is 19.1 Å². The summed E-state index contributed by atoms with van der Waals surface area (Å²) in [5.74, 6) is 0. The zero-order chi connectivity index (χ0) is 8.97. The lowest BCUT2D eigenvalue weighted by Gasteiger charge is -2.07. The van der Waals surface area contributed by atoms with Gasteiger partial charge in [0, 0.05) is 24.1 Å². The molecule has 66 valence electrons. The van der Waals surface area contributed by atoms with Crippen molar-refractivity contribution in [3.63, 3.8) is 0 Å². The average molecular weight is 166 g/mol. The molecule has 0 unspecified atom stereocenters. The number of pyridine rings is 1. The molecule has 0 saturated heterocycles. The summed E-state index contributed by atoms with van der Waals surface area (Å²) >= 11 is 0. The van der Waals surface area contributed by atoms with Crippen molar-refractivity contribution in [2.75, 3.05) is 11.9 Å². The van der Waals surface area contributed by atoms with Crippen LogP contribution in [-0.4, -0.2) is 22.7 Å². The van der Waals surface area contributed by atoms with E-state index >= 15 is 0 Å². The predicted octanol–water partition coefficient (Wildman–Crippen LogP) is 1.18. The first-order valence-corrected chi connectivity index (χ1v) is 4.03. The minimum Gasteiger partial charge on any atom is -0.392 e. The molecule has 0 radical (unpaired) electrons. The van der Waals surface area contributed by atoms with Crippen molar-refractivity contribution in [3.05, 3.63) is 24.0 Å². The number of aromatic nitrogens is 1. The summed E-state index contributed by atoms with van der Waals surface area (Å²) in [6.45, 7) is 4.26. The van der Waals surface area contributed by atoms with Crippen LogP contribution in [0.4, 0.5) is 5.69 Å². The molecule has 3 nitrogen and oxygen atoms in total. The number of nitrogens with zero attached hydrogens (tertiary/aromatic N) is 1.